The van der Waals surface area contributed by atoms with E-state index in [2.05, 4.69) is 10.3 Å². The van der Waals surface area contributed by atoms with E-state index in [0.29, 0.717) is 6.54 Å². The molecule has 1 aliphatic rings. The van der Waals surface area contributed by atoms with Crippen molar-refractivity contribution < 1.29 is 14.7 Å². The molecular formula is C16H18N2O3S. The van der Waals surface area contributed by atoms with Gasteiger partial charge in [-0.05, 0) is 24.0 Å². The van der Waals surface area contributed by atoms with Crippen LogP contribution in [0.1, 0.15) is 18.9 Å². The number of hydrogen-bond donors (Lipinski definition) is 2. The lowest BCUT2D eigenvalue weighted by Crippen LogP contribution is -2.54. The van der Waals surface area contributed by atoms with E-state index in [0.717, 1.165) is 15.2 Å². The van der Waals surface area contributed by atoms with Gasteiger partial charge in [-0.15, -0.1) is 11.3 Å². The van der Waals surface area contributed by atoms with Crippen LogP contribution in [0.25, 0.3) is 10.2 Å². The van der Waals surface area contributed by atoms with Crippen LogP contribution < -0.4 is 5.32 Å². The molecule has 0 spiro atoms. The van der Waals surface area contributed by atoms with Crippen molar-refractivity contribution in [3.8, 4) is 0 Å². The quantitative estimate of drug-likeness (QED) is 0.908. The number of aromatic nitrogens is 1. The van der Waals surface area contributed by atoms with E-state index in [9.17, 15) is 14.7 Å². The van der Waals surface area contributed by atoms with Gasteiger partial charge in [0, 0.05) is 0 Å². The molecule has 0 saturated heterocycles. The Labute approximate surface area is 132 Å². The van der Waals surface area contributed by atoms with E-state index < -0.39 is 17.8 Å². The average Bonchev–Trinajstić information content (AvgIpc) is 2.91. The maximum Gasteiger partial charge on any atom is 0.307 e. The summed E-state index contributed by atoms with van der Waals surface area (Å²) in [5.41, 5.74) is 0.922. The number of rotatable bonds is 4. The molecule has 1 heterocycles. The summed E-state index contributed by atoms with van der Waals surface area (Å²) in [4.78, 5) is 28.0. The molecule has 0 bridgehead atoms. The molecule has 3 rings (SSSR count). The molecule has 0 aliphatic heterocycles. The van der Waals surface area contributed by atoms with Crippen LogP contribution in [0.5, 0.6) is 0 Å². The highest BCUT2D eigenvalue weighted by Gasteiger charge is 2.52. The van der Waals surface area contributed by atoms with Gasteiger partial charge in [-0.2, -0.15) is 0 Å². The van der Waals surface area contributed by atoms with Crippen molar-refractivity contribution in [3.63, 3.8) is 0 Å². The summed E-state index contributed by atoms with van der Waals surface area (Å²) in [7, 11) is 0. The minimum atomic E-state index is -0.884. The highest BCUT2D eigenvalue weighted by Crippen LogP contribution is 2.45. The predicted molar refractivity (Wildman–Crippen MR) is 84.4 cm³/mol. The molecule has 1 aromatic heterocycles. The number of carbonyl (C=O) groups is 2. The van der Waals surface area contributed by atoms with E-state index >= 15 is 0 Å². The maximum absolute atomic E-state index is 12.3. The Morgan fingerprint density at radius 2 is 1.91 bits per heavy atom. The summed E-state index contributed by atoms with van der Waals surface area (Å²) in [5.74, 6) is -1.96. The molecule has 5 nitrogen and oxygen atoms in total. The first-order valence-corrected chi connectivity index (χ1v) is 8.15. The number of hydrogen-bond acceptors (Lipinski definition) is 4. The average molecular weight is 318 g/mol. The Bertz CT molecular complexity index is 694. The number of fused-ring (bicyclic) bond motifs is 1. The van der Waals surface area contributed by atoms with Crippen LogP contribution in [0.3, 0.4) is 0 Å². The molecule has 2 aromatic rings. The molecule has 22 heavy (non-hydrogen) atoms. The second kappa shape index (κ2) is 5.68. The highest BCUT2D eigenvalue weighted by molar-refractivity contribution is 7.18. The number of carbonyl (C=O) groups excluding carboxylic acids is 1. The summed E-state index contributed by atoms with van der Waals surface area (Å²) < 4.78 is 1.08. The second-order valence-electron chi connectivity index (χ2n) is 5.90. The number of para-hydroxylation sites is 1. The number of carboxylic acid groups (broad SMARTS) is 1. The molecule has 1 fully saturated rings. The zero-order chi connectivity index (χ0) is 15.9. The van der Waals surface area contributed by atoms with Crippen LogP contribution >= 0.6 is 11.3 Å². The lowest BCUT2D eigenvalue weighted by molar-refractivity contribution is -0.164. The molecule has 1 amide bonds. The number of benzene rings is 1. The first kappa shape index (κ1) is 15.0. The fourth-order valence-electron chi connectivity index (χ4n) is 3.22. The van der Waals surface area contributed by atoms with Crippen molar-refractivity contribution in [2.24, 2.45) is 23.7 Å². The summed E-state index contributed by atoms with van der Waals surface area (Å²) in [5, 5.41) is 12.9. The van der Waals surface area contributed by atoms with E-state index in [4.69, 9.17) is 0 Å². The molecule has 0 radical (unpaired) electrons. The third-order valence-corrected chi connectivity index (χ3v) is 5.73. The third kappa shape index (κ3) is 2.47. The number of nitrogens with one attached hydrogen (secondary N) is 1. The highest BCUT2D eigenvalue weighted by atomic mass is 32.1. The van der Waals surface area contributed by atoms with Crippen molar-refractivity contribution in [2.45, 2.75) is 20.4 Å². The molecule has 2 N–H and O–H groups in total. The Morgan fingerprint density at radius 3 is 2.59 bits per heavy atom. The first-order chi connectivity index (χ1) is 10.5. The minimum absolute atomic E-state index is 0.0377. The molecule has 4 atom stereocenters. The van der Waals surface area contributed by atoms with E-state index in [1.54, 1.807) is 11.3 Å². The van der Waals surface area contributed by atoms with E-state index in [1.165, 1.54) is 0 Å². The Kier molecular flexibility index (Phi) is 3.87. The summed E-state index contributed by atoms with van der Waals surface area (Å²) in [6, 6.07) is 7.82. The summed E-state index contributed by atoms with van der Waals surface area (Å²) in [6.45, 7) is 4.18. The molecule has 6 heteroatoms. The normalized spacial score (nSPS) is 27.4. The third-order valence-electron chi connectivity index (χ3n) is 4.69. The fourth-order valence-corrected chi connectivity index (χ4v) is 4.13. The first-order valence-electron chi connectivity index (χ1n) is 7.34. The van der Waals surface area contributed by atoms with Gasteiger partial charge in [-0.25, -0.2) is 4.98 Å². The van der Waals surface area contributed by atoms with Crippen LogP contribution in [0, 0.1) is 23.7 Å². The lowest BCUT2D eigenvalue weighted by Gasteiger charge is -2.45. The van der Waals surface area contributed by atoms with Gasteiger partial charge in [0.05, 0.1) is 28.6 Å². The summed E-state index contributed by atoms with van der Waals surface area (Å²) in [6.07, 6.45) is 0. The second-order valence-corrected chi connectivity index (χ2v) is 7.02. The largest absolute Gasteiger partial charge is 0.481 e. The Hall–Kier alpha value is -1.95. The topological polar surface area (TPSA) is 79.3 Å². The van der Waals surface area contributed by atoms with Gasteiger partial charge in [0.2, 0.25) is 5.91 Å². The molecule has 1 aromatic carbocycles. The van der Waals surface area contributed by atoms with Crippen molar-refractivity contribution in [2.75, 3.05) is 0 Å². The standard InChI is InChI=1S/C16H18N2O3S/c1-8-9(2)14(16(20)21)13(8)15(19)17-7-12-18-10-5-3-4-6-11(10)22-12/h3-6,8-9,13-14H,7H2,1-2H3,(H,17,19)(H,20,21)/t8?,9?,13-,14+/m0/s1. The van der Waals surface area contributed by atoms with Crippen LogP contribution in [0.15, 0.2) is 24.3 Å². The van der Waals surface area contributed by atoms with E-state index in [1.807, 2.05) is 38.1 Å². The molecular weight excluding hydrogens is 300 g/mol. The van der Waals surface area contributed by atoms with Gasteiger partial charge < -0.3 is 10.4 Å². The van der Waals surface area contributed by atoms with Crippen molar-refractivity contribution in [1.29, 1.82) is 0 Å². The van der Waals surface area contributed by atoms with Gasteiger partial charge in [-0.1, -0.05) is 26.0 Å². The number of nitrogens with zero attached hydrogens (tertiary/aromatic N) is 1. The van der Waals surface area contributed by atoms with Crippen LogP contribution in [0.2, 0.25) is 0 Å². The van der Waals surface area contributed by atoms with Gasteiger partial charge in [-0.3, -0.25) is 9.59 Å². The molecule has 1 aliphatic carbocycles. The zero-order valence-electron chi connectivity index (χ0n) is 12.4. The Morgan fingerprint density at radius 1 is 1.23 bits per heavy atom. The Balaban J connectivity index is 1.66. The van der Waals surface area contributed by atoms with Crippen molar-refractivity contribution in [3.05, 3.63) is 29.3 Å². The predicted octanol–water partition coefficient (Wildman–Crippen LogP) is 2.52. The monoisotopic (exact) mass is 318 g/mol. The number of amides is 1. The van der Waals surface area contributed by atoms with Gasteiger partial charge in [0.25, 0.3) is 0 Å². The van der Waals surface area contributed by atoms with E-state index in [-0.39, 0.29) is 17.7 Å². The molecule has 1 saturated carbocycles. The number of thiazole rings is 1. The van der Waals surface area contributed by atoms with Crippen molar-refractivity contribution in [1.82, 2.24) is 10.3 Å². The summed E-state index contributed by atoms with van der Waals surface area (Å²) >= 11 is 1.54. The van der Waals surface area contributed by atoms with Crippen molar-refractivity contribution >= 4 is 33.4 Å². The zero-order valence-corrected chi connectivity index (χ0v) is 13.3. The molecule has 2 unspecified atom stereocenters. The fraction of sp³-hybridized carbons (Fsp3) is 0.438. The number of carboxylic acids is 1. The molecule has 116 valence electrons. The van der Waals surface area contributed by atoms with Crippen LogP contribution in [0.4, 0.5) is 0 Å². The van der Waals surface area contributed by atoms with Gasteiger partial charge in [0.1, 0.15) is 5.01 Å². The number of aliphatic carboxylic acids is 1. The maximum atomic E-state index is 12.3. The minimum Gasteiger partial charge on any atom is -0.481 e. The van der Waals surface area contributed by atoms with Crippen LogP contribution in [-0.4, -0.2) is 22.0 Å². The van der Waals surface area contributed by atoms with Gasteiger partial charge in [0.15, 0.2) is 0 Å². The smallest absolute Gasteiger partial charge is 0.307 e. The lowest BCUT2D eigenvalue weighted by atomic mass is 9.57. The van der Waals surface area contributed by atoms with Crippen LogP contribution in [-0.2, 0) is 16.1 Å². The van der Waals surface area contributed by atoms with Gasteiger partial charge >= 0.3 is 5.97 Å². The SMILES string of the molecule is CC1C(C)[C@H](C(=O)NCc2nc3ccccc3s2)[C@@H]1C(=O)O.